The van der Waals surface area contributed by atoms with Gasteiger partial charge < -0.3 is 21.3 Å². The van der Waals surface area contributed by atoms with Gasteiger partial charge in [0.1, 0.15) is 0 Å². The van der Waals surface area contributed by atoms with Gasteiger partial charge in [-0.1, -0.05) is 13.8 Å². The molecule has 0 amide bonds. The lowest BCUT2D eigenvalue weighted by atomic mass is 10.2. The second kappa shape index (κ2) is 6.98. The molecule has 4 N–H and O–H groups in total. The number of nitrogens with zero attached hydrogens (tertiary/aromatic N) is 1. The minimum absolute atomic E-state index is 0.199. The van der Waals surface area contributed by atoms with Gasteiger partial charge in [-0.05, 0) is 39.2 Å². The lowest BCUT2D eigenvalue weighted by Crippen LogP contribution is -2.58. The lowest BCUT2D eigenvalue weighted by molar-refractivity contribution is 0.180. The van der Waals surface area contributed by atoms with Gasteiger partial charge in [-0.25, -0.2) is 0 Å². The Hall–Kier alpha value is -0.390. The topological polar surface area (TPSA) is 53.3 Å². The van der Waals surface area contributed by atoms with E-state index in [0.717, 1.165) is 12.8 Å². The Bertz CT molecular complexity index is 154. The molecular formula is C9H22N4S. The molecule has 0 aromatic heterocycles. The standard InChI is InChI=1S/C9H22N4S/c1-5-7(11-3)13(9(10)14)8(6-2)12-4/h7-8,11-12H,5-6H2,1-4H3,(H2,10,14). The lowest BCUT2D eigenvalue weighted by Gasteiger charge is -2.37. The highest BCUT2D eigenvalue weighted by Crippen LogP contribution is 2.07. The first-order chi connectivity index (χ1) is 6.62. The van der Waals surface area contributed by atoms with Crippen LogP contribution >= 0.6 is 12.2 Å². The number of rotatable bonds is 6. The van der Waals surface area contributed by atoms with Crippen LogP contribution in [0.1, 0.15) is 26.7 Å². The third-order valence-electron chi connectivity index (χ3n) is 2.37. The number of hydrogen-bond donors (Lipinski definition) is 3. The molecule has 0 rings (SSSR count). The molecule has 0 saturated carbocycles. The summed E-state index contributed by atoms with van der Waals surface area (Å²) < 4.78 is 0. The van der Waals surface area contributed by atoms with Crippen molar-refractivity contribution in [1.82, 2.24) is 15.5 Å². The van der Waals surface area contributed by atoms with E-state index in [2.05, 4.69) is 24.5 Å². The predicted molar refractivity (Wildman–Crippen MR) is 64.9 cm³/mol. The summed E-state index contributed by atoms with van der Waals surface area (Å²) in [6.45, 7) is 4.21. The van der Waals surface area contributed by atoms with Crippen LogP contribution in [0.5, 0.6) is 0 Å². The molecule has 0 aromatic carbocycles. The van der Waals surface area contributed by atoms with Crippen LogP contribution in [0.4, 0.5) is 0 Å². The van der Waals surface area contributed by atoms with E-state index in [1.807, 2.05) is 19.0 Å². The number of nitrogens with two attached hydrogens (primary N) is 1. The minimum Gasteiger partial charge on any atom is -0.376 e. The summed E-state index contributed by atoms with van der Waals surface area (Å²) in [6.07, 6.45) is 2.33. The Morgan fingerprint density at radius 1 is 1.21 bits per heavy atom. The highest BCUT2D eigenvalue weighted by Gasteiger charge is 2.22. The van der Waals surface area contributed by atoms with Crippen LogP contribution in [0.2, 0.25) is 0 Å². The Labute approximate surface area is 92.2 Å². The predicted octanol–water partition coefficient (Wildman–Crippen LogP) is 0.443. The van der Waals surface area contributed by atoms with Gasteiger partial charge in [0, 0.05) is 0 Å². The molecule has 0 saturated heterocycles. The van der Waals surface area contributed by atoms with Crippen molar-refractivity contribution in [2.75, 3.05) is 14.1 Å². The summed E-state index contributed by atoms with van der Waals surface area (Å²) in [5, 5.41) is 6.84. The van der Waals surface area contributed by atoms with Crippen LogP contribution in [-0.4, -0.2) is 36.4 Å². The zero-order valence-corrected chi connectivity index (χ0v) is 10.3. The molecule has 0 heterocycles. The van der Waals surface area contributed by atoms with Crippen molar-refractivity contribution in [1.29, 1.82) is 0 Å². The molecule has 84 valence electrons. The normalized spacial score (nSPS) is 14.9. The Kier molecular flexibility index (Phi) is 6.78. The molecule has 2 atom stereocenters. The van der Waals surface area contributed by atoms with Gasteiger partial charge in [-0.2, -0.15) is 0 Å². The van der Waals surface area contributed by atoms with Crippen LogP contribution in [0, 0.1) is 0 Å². The molecule has 0 fully saturated rings. The second-order valence-electron chi connectivity index (χ2n) is 3.17. The third-order valence-corrected chi connectivity index (χ3v) is 2.58. The average Bonchev–Trinajstić information content (AvgIpc) is 2.18. The van der Waals surface area contributed by atoms with Gasteiger partial charge in [-0.15, -0.1) is 0 Å². The molecule has 14 heavy (non-hydrogen) atoms. The third kappa shape index (κ3) is 3.40. The van der Waals surface area contributed by atoms with Gasteiger partial charge in [0.25, 0.3) is 0 Å². The second-order valence-corrected chi connectivity index (χ2v) is 3.59. The van der Waals surface area contributed by atoms with Crippen molar-refractivity contribution >= 4 is 17.3 Å². The van der Waals surface area contributed by atoms with Crippen molar-refractivity contribution in [2.24, 2.45) is 5.73 Å². The molecule has 0 bridgehead atoms. The van der Waals surface area contributed by atoms with E-state index in [-0.39, 0.29) is 12.3 Å². The molecule has 0 aliphatic heterocycles. The van der Waals surface area contributed by atoms with Gasteiger partial charge in [-0.3, -0.25) is 0 Å². The van der Waals surface area contributed by atoms with Crippen molar-refractivity contribution in [3.8, 4) is 0 Å². The summed E-state index contributed by atoms with van der Waals surface area (Å²) in [7, 11) is 3.84. The first-order valence-corrected chi connectivity index (χ1v) is 5.45. The van der Waals surface area contributed by atoms with Crippen LogP contribution < -0.4 is 16.4 Å². The minimum atomic E-state index is 0.199. The van der Waals surface area contributed by atoms with E-state index >= 15 is 0 Å². The largest absolute Gasteiger partial charge is 0.376 e. The monoisotopic (exact) mass is 218 g/mol. The molecule has 0 aliphatic carbocycles. The number of nitrogens with one attached hydrogen (secondary N) is 2. The molecule has 2 unspecified atom stereocenters. The Morgan fingerprint density at radius 3 is 1.71 bits per heavy atom. The molecule has 0 aromatic rings. The summed E-state index contributed by atoms with van der Waals surface area (Å²) in [5.74, 6) is 0. The molecule has 0 aliphatic rings. The van der Waals surface area contributed by atoms with Crippen LogP contribution in [-0.2, 0) is 0 Å². The average molecular weight is 218 g/mol. The summed E-state index contributed by atoms with van der Waals surface area (Å²) in [4.78, 5) is 2.01. The fraction of sp³-hybridized carbons (Fsp3) is 0.889. The highest BCUT2D eigenvalue weighted by molar-refractivity contribution is 7.80. The highest BCUT2D eigenvalue weighted by atomic mass is 32.1. The molecule has 5 heteroatoms. The molecular weight excluding hydrogens is 196 g/mol. The van der Waals surface area contributed by atoms with E-state index in [9.17, 15) is 0 Å². The Morgan fingerprint density at radius 2 is 1.57 bits per heavy atom. The quantitative estimate of drug-likeness (QED) is 0.446. The summed E-state index contributed by atoms with van der Waals surface area (Å²) >= 11 is 5.06. The maximum atomic E-state index is 5.72. The van der Waals surface area contributed by atoms with E-state index in [0.29, 0.717) is 5.11 Å². The van der Waals surface area contributed by atoms with Crippen LogP contribution in [0.3, 0.4) is 0 Å². The number of hydrogen-bond acceptors (Lipinski definition) is 3. The van der Waals surface area contributed by atoms with Crippen molar-refractivity contribution < 1.29 is 0 Å². The van der Waals surface area contributed by atoms with Crippen LogP contribution in [0.15, 0.2) is 0 Å². The van der Waals surface area contributed by atoms with Gasteiger partial charge >= 0.3 is 0 Å². The fourth-order valence-electron chi connectivity index (χ4n) is 1.60. The maximum absolute atomic E-state index is 5.72. The molecule has 4 nitrogen and oxygen atoms in total. The molecule has 0 radical (unpaired) electrons. The first kappa shape index (κ1) is 13.6. The Balaban J connectivity index is 4.62. The zero-order valence-electron chi connectivity index (χ0n) is 9.50. The maximum Gasteiger partial charge on any atom is 0.168 e. The summed E-state index contributed by atoms with van der Waals surface area (Å²) in [5.41, 5.74) is 5.72. The van der Waals surface area contributed by atoms with Gasteiger partial charge in [0.2, 0.25) is 0 Å². The van der Waals surface area contributed by atoms with Gasteiger partial charge in [0.15, 0.2) is 5.11 Å². The van der Waals surface area contributed by atoms with Crippen LogP contribution in [0.25, 0.3) is 0 Å². The van der Waals surface area contributed by atoms with Crippen molar-refractivity contribution in [3.63, 3.8) is 0 Å². The summed E-state index contributed by atoms with van der Waals surface area (Å²) in [6, 6.07) is 0. The smallest absolute Gasteiger partial charge is 0.168 e. The van der Waals surface area contributed by atoms with E-state index in [4.69, 9.17) is 18.0 Å². The van der Waals surface area contributed by atoms with Gasteiger partial charge in [0.05, 0.1) is 12.3 Å². The molecule has 0 spiro atoms. The number of thiocarbonyl (C=S) groups is 1. The SMILES string of the molecule is CCC(NC)N(C(N)=S)C(CC)NC. The van der Waals surface area contributed by atoms with Crippen molar-refractivity contribution in [3.05, 3.63) is 0 Å². The van der Waals surface area contributed by atoms with E-state index in [1.165, 1.54) is 0 Å². The van der Waals surface area contributed by atoms with E-state index < -0.39 is 0 Å². The first-order valence-electron chi connectivity index (χ1n) is 5.04. The zero-order chi connectivity index (χ0) is 11.1. The fourth-order valence-corrected chi connectivity index (χ4v) is 1.86. The van der Waals surface area contributed by atoms with E-state index in [1.54, 1.807) is 0 Å². The van der Waals surface area contributed by atoms with Crippen molar-refractivity contribution in [2.45, 2.75) is 39.0 Å².